The van der Waals surface area contributed by atoms with Crippen molar-refractivity contribution in [3.8, 4) is 0 Å². The normalized spacial score (nSPS) is 10.2. The molecule has 0 saturated heterocycles. The van der Waals surface area contributed by atoms with E-state index in [0.717, 1.165) is 15.7 Å². The molecule has 0 aromatic heterocycles. The molecule has 5 heteroatoms. The zero-order chi connectivity index (χ0) is 14.5. The highest BCUT2D eigenvalue weighted by Crippen LogP contribution is 2.15. The van der Waals surface area contributed by atoms with Crippen molar-refractivity contribution >= 4 is 33.2 Å². The van der Waals surface area contributed by atoms with Gasteiger partial charge in [0.05, 0.1) is 6.54 Å². The summed E-state index contributed by atoms with van der Waals surface area (Å²) in [5.74, 6) is -0.505. The number of carbonyl (C=O) groups excluding carboxylic acids is 1. The molecule has 0 atom stereocenters. The summed E-state index contributed by atoms with van der Waals surface area (Å²) >= 11 is 3.33. The first-order valence-corrected chi connectivity index (χ1v) is 6.89. The number of carbonyl (C=O) groups is 1. The third-order valence-corrected chi connectivity index (χ3v) is 3.15. The topological polar surface area (TPSA) is 41.1 Å². The van der Waals surface area contributed by atoms with Gasteiger partial charge in [-0.2, -0.15) is 0 Å². The Labute approximate surface area is 125 Å². The predicted octanol–water partition coefficient (Wildman–Crippen LogP) is 3.95. The van der Waals surface area contributed by atoms with Gasteiger partial charge in [0.15, 0.2) is 0 Å². The van der Waals surface area contributed by atoms with Crippen LogP contribution in [0.15, 0.2) is 46.9 Å². The summed E-state index contributed by atoms with van der Waals surface area (Å²) in [5.41, 5.74) is 2.12. The summed E-state index contributed by atoms with van der Waals surface area (Å²) in [6.07, 6.45) is 0. The molecule has 0 aliphatic carbocycles. The second-order valence-corrected chi connectivity index (χ2v) is 5.34. The van der Waals surface area contributed by atoms with Crippen LogP contribution in [0.4, 0.5) is 15.8 Å². The molecule has 0 saturated carbocycles. The van der Waals surface area contributed by atoms with Crippen LogP contribution in [0.5, 0.6) is 0 Å². The average molecular weight is 337 g/mol. The van der Waals surface area contributed by atoms with Crippen molar-refractivity contribution < 1.29 is 9.18 Å². The van der Waals surface area contributed by atoms with Crippen LogP contribution in [0.3, 0.4) is 0 Å². The van der Waals surface area contributed by atoms with E-state index in [2.05, 4.69) is 26.6 Å². The minimum atomic E-state index is -0.319. The number of benzene rings is 2. The van der Waals surface area contributed by atoms with E-state index in [-0.39, 0.29) is 18.3 Å². The maximum atomic E-state index is 13.2. The largest absolute Gasteiger partial charge is 0.376 e. The highest BCUT2D eigenvalue weighted by Gasteiger charge is 2.03. The monoisotopic (exact) mass is 336 g/mol. The van der Waals surface area contributed by atoms with Crippen LogP contribution in [0.1, 0.15) is 5.56 Å². The second-order valence-electron chi connectivity index (χ2n) is 4.43. The fourth-order valence-corrected chi connectivity index (χ4v) is 2.02. The Morgan fingerprint density at radius 1 is 1.15 bits per heavy atom. The highest BCUT2D eigenvalue weighted by molar-refractivity contribution is 9.10. The van der Waals surface area contributed by atoms with E-state index in [9.17, 15) is 9.18 Å². The van der Waals surface area contributed by atoms with E-state index in [0.29, 0.717) is 5.69 Å². The Morgan fingerprint density at radius 2 is 1.85 bits per heavy atom. The Hall–Kier alpha value is -1.88. The van der Waals surface area contributed by atoms with Gasteiger partial charge in [-0.15, -0.1) is 0 Å². The van der Waals surface area contributed by atoms with Gasteiger partial charge in [-0.1, -0.05) is 15.9 Å². The number of hydrogen-bond acceptors (Lipinski definition) is 2. The Balaban J connectivity index is 1.90. The second kappa shape index (κ2) is 6.52. The fourth-order valence-electron chi connectivity index (χ4n) is 1.76. The maximum Gasteiger partial charge on any atom is 0.243 e. The van der Waals surface area contributed by atoms with E-state index in [1.54, 1.807) is 25.1 Å². The molecule has 0 radical (unpaired) electrons. The lowest BCUT2D eigenvalue weighted by atomic mass is 10.2. The first kappa shape index (κ1) is 14.5. The third-order valence-electron chi connectivity index (χ3n) is 2.62. The van der Waals surface area contributed by atoms with Crippen LogP contribution in [-0.4, -0.2) is 12.5 Å². The molecule has 2 rings (SSSR count). The zero-order valence-electron chi connectivity index (χ0n) is 10.9. The molecule has 0 fully saturated rings. The van der Waals surface area contributed by atoms with Crippen molar-refractivity contribution in [3.05, 3.63) is 58.3 Å². The van der Waals surface area contributed by atoms with E-state index >= 15 is 0 Å². The molecule has 0 aliphatic rings. The minimum Gasteiger partial charge on any atom is -0.376 e. The Kier molecular flexibility index (Phi) is 4.74. The van der Waals surface area contributed by atoms with Crippen molar-refractivity contribution in [2.75, 3.05) is 17.2 Å². The summed E-state index contributed by atoms with van der Waals surface area (Å²) in [4.78, 5) is 11.8. The van der Waals surface area contributed by atoms with E-state index in [1.165, 1.54) is 12.1 Å². The molecule has 0 aliphatic heterocycles. The summed E-state index contributed by atoms with van der Waals surface area (Å²) in [7, 11) is 0. The van der Waals surface area contributed by atoms with Crippen LogP contribution in [-0.2, 0) is 4.79 Å². The number of amides is 1. The van der Waals surface area contributed by atoms with E-state index in [1.807, 2.05) is 12.1 Å². The molecule has 3 nitrogen and oxygen atoms in total. The third kappa shape index (κ3) is 4.35. The highest BCUT2D eigenvalue weighted by atomic mass is 79.9. The van der Waals surface area contributed by atoms with E-state index < -0.39 is 0 Å². The predicted molar refractivity (Wildman–Crippen MR) is 82.4 cm³/mol. The molecule has 0 unspecified atom stereocenters. The summed E-state index contributed by atoms with van der Waals surface area (Å²) in [5, 5.41) is 5.65. The van der Waals surface area contributed by atoms with Crippen LogP contribution in [0.25, 0.3) is 0 Å². The number of rotatable bonds is 4. The first-order chi connectivity index (χ1) is 9.52. The summed E-state index contributed by atoms with van der Waals surface area (Å²) in [6.45, 7) is 1.88. The van der Waals surface area contributed by atoms with Gasteiger partial charge >= 0.3 is 0 Å². The quantitative estimate of drug-likeness (QED) is 0.887. The molecule has 20 heavy (non-hydrogen) atoms. The number of aryl methyl sites for hydroxylation is 1. The molecular formula is C15H14BrFN2O. The van der Waals surface area contributed by atoms with Gasteiger partial charge in [-0.05, 0) is 55.0 Å². The Bertz CT molecular complexity index is 594. The minimum absolute atomic E-state index is 0.0823. The lowest BCUT2D eigenvalue weighted by molar-refractivity contribution is -0.114. The molecule has 0 bridgehead atoms. The van der Waals surface area contributed by atoms with Gasteiger partial charge in [0, 0.05) is 15.8 Å². The zero-order valence-corrected chi connectivity index (χ0v) is 12.5. The smallest absolute Gasteiger partial charge is 0.243 e. The van der Waals surface area contributed by atoms with Gasteiger partial charge in [-0.3, -0.25) is 4.79 Å². The van der Waals surface area contributed by atoms with Gasteiger partial charge in [-0.25, -0.2) is 4.39 Å². The summed E-state index contributed by atoms with van der Waals surface area (Å²) < 4.78 is 14.1. The molecule has 0 spiro atoms. The number of halogens is 2. The van der Waals surface area contributed by atoms with Crippen molar-refractivity contribution in [3.63, 3.8) is 0 Å². The number of hydrogen-bond donors (Lipinski definition) is 2. The molecule has 2 aromatic rings. The number of nitrogens with one attached hydrogen (secondary N) is 2. The van der Waals surface area contributed by atoms with Gasteiger partial charge in [0.25, 0.3) is 0 Å². The number of anilines is 2. The fraction of sp³-hybridized carbons (Fsp3) is 0.133. The van der Waals surface area contributed by atoms with Crippen LogP contribution >= 0.6 is 15.9 Å². The van der Waals surface area contributed by atoms with Crippen molar-refractivity contribution in [1.82, 2.24) is 0 Å². The molecule has 2 N–H and O–H groups in total. The van der Waals surface area contributed by atoms with Gasteiger partial charge in [0.1, 0.15) is 5.82 Å². The molecule has 0 heterocycles. The van der Waals surface area contributed by atoms with Crippen LogP contribution in [0, 0.1) is 12.7 Å². The first-order valence-electron chi connectivity index (χ1n) is 6.09. The average Bonchev–Trinajstić information content (AvgIpc) is 2.38. The maximum absolute atomic E-state index is 13.2. The SMILES string of the molecule is Cc1cc(F)cc(NCC(=O)Nc2ccc(Br)cc2)c1. The lowest BCUT2D eigenvalue weighted by Crippen LogP contribution is -2.21. The van der Waals surface area contributed by atoms with Gasteiger partial charge in [0.2, 0.25) is 5.91 Å². The molecular weight excluding hydrogens is 323 g/mol. The van der Waals surface area contributed by atoms with E-state index in [4.69, 9.17) is 0 Å². The molecule has 2 aromatic carbocycles. The Morgan fingerprint density at radius 3 is 2.50 bits per heavy atom. The molecule has 104 valence electrons. The van der Waals surface area contributed by atoms with Crippen molar-refractivity contribution in [1.29, 1.82) is 0 Å². The van der Waals surface area contributed by atoms with Crippen LogP contribution in [0.2, 0.25) is 0 Å². The van der Waals surface area contributed by atoms with Crippen molar-refractivity contribution in [2.24, 2.45) is 0 Å². The molecule has 1 amide bonds. The standard InChI is InChI=1S/C15H14BrFN2O/c1-10-6-12(17)8-14(7-10)18-9-15(20)19-13-4-2-11(16)3-5-13/h2-8,18H,9H2,1H3,(H,19,20). The summed E-state index contributed by atoms with van der Waals surface area (Å²) in [6, 6.07) is 11.9. The van der Waals surface area contributed by atoms with Crippen molar-refractivity contribution in [2.45, 2.75) is 6.92 Å². The van der Waals surface area contributed by atoms with Crippen LogP contribution < -0.4 is 10.6 Å². The van der Waals surface area contributed by atoms with Gasteiger partial charge < -0.3 is 10.6 Å². The lowest BCUT2D eigenvalue weighted by Gasteiger charge is -2.08.